The highest BCUT2D eigenvalue weighted by Gasteiger charge is 2.11. The van der Waals surface area contributed by atoms with Gasteiger partial charge in [-0.2, -0.15) is 0 Å². The number of aliphatic carboxylic acids is 1. The van der Waals surface area contributed by atoms with Crippen molar-refractivity contribution in [2.75, 3.05) is 13.2 Å². The molecule has 0 aromatic heterocycles. The summed E-state index contributed by atoms with van der Waals surface area (Å²) in [4.78, 5) is 31.4. The molecule has 0 aliphatic carbocycles. The summed E-state index contributed by atoms with van der Waals surface area (Å²) in [6.45, 7) is 3.23. The summed E-state index contributed by atoms with van der Waals surface area (Å²) in [7, 11) is 0. The van der Waals surface area contributed by atoms with Crippen molar-refractivity contribution in [3.63, 3.8) is 0 Å². The molecule has 0 heterocycles. The van der Waals surface area contributed by atoms with Gasteiger partial charge in [-0.15, -0.1) is 0 Å². The molecule has 0 aromatic carbocycles. The molecule has 0 spiro atoms. The van der Waals surface area contributed by atoms with Crippen LogP contribution >= 0.6 is 0 Å². The molecule has 0 bridgehead atoms. The number of amides is 2. The number of carboxylic acids is 1. The van der Waals surface area contributed by atoms with Gasteiger partial charge in [0.15, 0.2) is 0 Å². The molecule has 0 rings (SSSR count). The molecule has 0 unspecified atom stereocenters. The van der Waals surface area contributed by atoms with Gasteiger partial charge in [-0.3, -0.25) is 4.79 Å². The molecular formula is C8H12N2O5. The molecule has 0 atom stereocenters. The molecule has 0 saturated heterocycles. The second-order valence-electron chi connectivity index (χ2n) is 2.60. The van der Waals surface area contributed by atoms with E-state index in [-0.39, 0.29) is 18.7 Å². The van der Waals surface area contributed by atoms with Crippen molar-refractivity contribution in [3.8, 4) is 0 Å². The van der Waals surface area contributed by atoms with Crippen molar-refractivity contribution >= 4 is 18.0 Å². The lowest BCUT2D eigenvalue weighted by Crippen LogP contribution is -2.32. The maximum atomic E-state index is 11.0. The summed E-state index contributed by atoms with van der Waals surface area (Å²) < 4.78 is 4.58. The first kappa shape index (κ1) is 12.9. The molecule has 4 N–H and O–H groups in total. The summed E-state index contributed by atoms with van der Waals surface area (Å²) >= 11 is 0. The van der Waals surface area contributed by atoms with Gasteiger partial charge in [0.2, 0.25) is 0 Å². The molecule has 7 heteroatoms. The predicted molar refractivity (Wildman–Crippen MR) is 49.9 cm³/mol. The maximum Gasteiger partial charge on any atom is 0.334 e. The quantitative estimate of drug-likeness (QED) is 0.306. The third-order valence-corrected chi connectivity index (χ3v) is 1.29. The second-order valence-corrected chi connectivity index (χ2v) is 2.60. The number of ether oxygens (including phenoxy) is 1. The van der Waals surface area contributed by atoms with E-state index >= 15 is 0 Å². The monoisotopic (exact) mass is 216 g/mol. The van der Waals surface area contributed by atoms with Crippen molar-refractivity contribution < 1.29 is 24.2 Å². The first-order valence-electron chi connectivity index (χ1n) is 4.03. The van der Waals surface area contributed by atoms with Gasteiger partial charge in [-0.05, 0) is 0 Å². The van der Waals surface area contributed by atoms with Crippen molar-refractivity contribution in [3.05, 3.63) is 12.2 Å². The Morgan fingerprint density at radius 3 is 2.47 bits per heavy atom. The van der Waals surface area contributed by atoms with Crippen LogP contribution in [0.2, 0.25) is 0 Å². The van der Waals surface area contributed by atoms with E-state index in [1.807, 2.05) is 0 Å². The summed E-state index contributed by atoms with van der Waals surface area (Å²) in [6.07, 6.45) is -0.470. The van der Waals surface area contributed by atoms with Gasteiger partial charge in [-0.25, -0.2) is 9.59 Å². The number of rotatable bonds is 6. The lowest BCUT2D eigenvalue weighted by molar-refractivity contribution is -0.142. The molecule has 0 fully saturated rings. The Kier molecular flexibility index (Phi) is 5.53. The highest BCUT2D eigenvalue weighted by Crippen LogP contribution is 2.00. The van der Waals surface area contributed by atoms with E-state index < -0.39 is 24.4 Å². The number of hydrogen-bond donors (Lipinski definition) is 3. The summed E-state index contributed by atoms with van der Waals surface area (Å²) in [5.74, 6) is -1.96. The lowest BCUT2D eigenvalue weighted by Gasteiger charge is -2.05. The molecule has 0 saturated carbocycles. The van der Waals surface area contributed by atoms with Gasteiger partial charge in [0.25, 0.3) is 0 Å². The standard InChI is InChI=1S/C8H12N2O5/c1-5(4-6(11)12)7(13)15-3-2-10-8(9)14/h1-4H2,(H,11,12)(H3,9,10,14). The van der Waals surface area contributed by atoms with Crippen molar-refractivity contribution in [2.24, 2.45) is 5.73 Å². The fourth-order valence-electron chi connectivity index (χ4n) is 0.675. The third kappa shape index (κ3) is 7.05. The number of urea groups is 1. The lowest BCUT2D eigenvalue weighted by atomic mass is 10.2. The highest BCUT2D eigenvalue weighted by atomic mass is 16.5. The van der Waals surface area contributed by atoms with Gasteiger partial charge in [-0.1, -0.05) is 6.58 Å². The van der Waals surface area contributed by atoms with Crippen molar-refractivity contribution in [2.45, 2.75) is 6.42 Å². The van der Waals surface area contributed by atoms with Gasteiger partial charge in [0.05, 0.1) is 13.0 Å². The molecule has 15 heavy (non-hydrogen) atoms. The van der Waals surface area contributed by atoms with Gasteiger partial charge in [0, 0.05) is 5.57 Å². The van der Waals surface area contributed by atoms with Crippen LogP contribution in [0.25, 0.3) is 0 Å². The molecular weight excluding hydrogens is 204 g/mol. The second kappa shape index (κ2) is 6.41. The average molecular weight is 216 g/mol. The SMILES string of the molecule is C=C(CC(=O)O)C(=O)OCCNC(N)=O. The largest absolute Gasteiger partial charge is 0.481 e. The smallest absolute Gasteiger partial charge is 0.334 e. The van der Waals surface area contributed by atoms with Gasteiger partial charge >= 0.3 is 18.0 Å². The molecule has 84 valence electrons. The van der Waals surface area contributed by atoms with E-state index in [9.17, 15) is 14.4 Å². The molecule has 0 radical (unpaired) electrons. The normalized spacial score (nSPS) is 9.07. The minimum Gasteiger partial charge on any atom is -0.481 e. The van der Waals surface area contributed by atoms with Gasteiger partial charge < -0.3 is 20.9 Å². The van der Waals surface area contributed by atoms with Gasteiger partial charge in [0.1, 0.15) is 6.61 Å². The highest BCUT2D eigenvalue weighted by molar-refractivity contribution is 5.92. The van der Waals surface area contributed by atoms with E-state index in [0.717, 1.165) is 0 Å². The topological polar surface area (TPSA) is 119 Å². The average Bonchev–Trinajstić information content (AvgIpc) is 2.10. The van der Waals surface area contributed by atoms with Crippen LogP contribution in [-0.4, -0.2) is 36.2 Å². The van der Waals surface area contributed by atoms with Crippen LogP contribution in [0.1, 0.15) is 6.42 Å². The molecule has 7 nitrogen and oxygen atoms in total. The zero-order chi connectivity index (χ0) is 11.8. The van der Waals surface area contributed by atoms with E-state index in [0.29, 0.717) is 0 Å². The van der Waals surface area contributed by atoms with Crippen LogP contribution in [0.3, 0.4) is 0 Å². The predicted octanol–water partition coefficient (Wildman–Crippen LogP) is -0.771. The minimum absolute atomic E-state index is 0.0709. The van der Waals surface area contributed by atoms with Crippen LogP contribution in [0.15, 0.2) is 12.2 Å². The Balaban J connectivity index is 3.69. The van der Waals surface area contributed by atoms with E-state index in [1.165, 1.54) is 0 Å². The number of carbonyl (C=O) groups is 3. The Morgan fingerprint density at radius 2 is 2.00 bits per heavy atom. The van der Waals surface area contributed by atoms with Crippen LogP contribution in [0.4, 0.5) is 4.79 Å². The van der Waals surface area contributed by atoms with Crippen LogP contribution in [0, 0.1) is 0 Å². The first-order valence-corrected chi connectivity index (χ1v) is 4.03. The zero-order valence-electron chi connectivity index (χ0n) is 7.99. The number of nitrogens with one attached hydrogen (secondary N) is 1. The zero-order valence-corrected chi connectivity index (χ0v) is 7.99. The van der Waals surface area contributed by atoms with Crippen molar-refractivity contribution in [1.29, 1.82) is 0 Å². The summed E-state index contributed by atoms with van der Waals surface area (Å²) in [5, 5.41) is 10.5. The molecule has 0 aliphatic rings. The fourth-order valence-corrected chi connectivity index (χ4v) is 0.675. The number of hydrogen-bond acceptors (Lipinski definition) is 4. The number of nitrogens with two attached hydrogens (primary N) is 1. The van der Waals surface area contributed by atoms with Crippen molar-refractivity contribution in [1.82, 2.24) is 5.32 Å². The number of carboxylic acid groups (broad SMARTS) is 1. The summed E-state index contributed by atoms with van der Waals surface area (Å²) in [6, 6.07) is -0.726. The van der Waals surface area contributed by atoms with Crippen LogP contribution in [0.5, 0.6) is 0 Å². The minimum atomic E-state index is -1.16. The number of primary amides is 1. The fraction of sp³-hybridized carbons (Fsp3) is 0.375. The van der Waals surface area contributed by atoms with E-state index in [4.69, 9.17) is 10.8 Å². The molecule has 2 amide bonds. The maximum absolute atomic E-state index is 11.0. The number of carbonyl (C=O) groups excluding carboxylic acids is 2. The Morgan fingerprint density at radius 1 is 1.40 bits per heavy atom. The van der Waals surface area contributed by atoms with E-state index in [2.05, 4.69) is 16.6 Å². The molecule has 0 aromatic rings. The Hall–Kier alpha value is -2.05. The van der Waals surface area contributed by atoms with E-state index in [1.54, 1.807) is 0 Å². The summed E-state index contributed by atoms with van der Waals surface area (Å²) in [5.41, 5.74) is 4.60. The third-order valence-electron chi connectivity index (χ3n) is 1.29. The first-order chi connectivity index (χ1) is 6.93. The Labute approximate surface area is 85.9 Å². The Bertz CT molecular complexity index is 287. The van der Waals surface area contributed by atoms with Crippen LogP contribution < -0.4 is 11.1 Å². The van der Waals surface area contributed by atoms with Crippen LogP contribution in [-0.2, 0) is 14.3 Å². The molecule has 0 aliphatic heterocycles. The number of esters is 1.